The Balaban J connectivity index is 1.54. The molecule has 7 nitrogen and oxygen atoms in total. The average Bonchev–Trinajstić information content (AvgIpc) is 3.30. The van der Waals surface area contributed by atoms with Crippen molar-refractivity contribution in [3.63, 3.8) is 0 Å². The number of rotatable bonds is 5. The second-order valence-electron chi connectivity index (χ2n) is 6.84. The molecule has 3 heterocycles. The van der Waals surface area contributed by atoms with Crippen molar-refractivity contribution in [1.29, 1.82) is 0 Å². The topological polar surface area (TPSA) is 86.8 Å². The fourth-order valence-electron chi connectivity index (χ4n) is 3.58. The summed E-state index contributed by atoms with van der Waals surface area (Å²) in [5, 5.41) is 10.5. The molecule has 1 aliphatic rings. The van der Waals surface area contributed by atoms with E-state index < -0.39 is 0 Å². The molecule has 138 valence electrons. The van der Waals surface area contributed by atoms with Gasteiger partial charge in [0.2, 0.25) is 5.91 Å². The van der Waals surface area contributed by atoms with E-state index in [0.29, 0.717) is 5.82 Å². The fourth-order valence-corrected chi connectivity index (χ4v) is 3.58. The van der Waals surface area contributed by atoms with Crippen LogP contribution in [0.5, 0.6) is 0 Å². The molecule has 1 aromatic carbocycles. The number of nitrogens with zero attached hydrogens (tertiary/aromatic N) is 4. The number of carbonyl (C=O) groups is 1. The van der Waals surface area contributed by atoms with Gasteiger partial charge in [-0.1, -0.05) is 36.4 Å². The lowest BCUT2D eigenvalue weighted by Crippen LogP contribution is -2.38. The number of likely N-dealkylation sites (tertiary alicyclic amines) is 1. The maximum absolute atomic E-state index is 11.7. The molecular weight excluding hydrogens is 340 g/mol. The molecule has 4 rings (SSSR count). The van der Waals surface area contributed by atoms with Gasteiger partial charge < -0.3 is 5.32 Å². The summed E-state index contributed by atoms with van der Waals surface area (Å²) in [5.74, 6) is 1.50. The first-order chi connectivity index (χ1) is 13.2. The van der Waals surface area contributed by atoms with Crippen LogP contribution in [-0.2, 0) is 11.3 Å². The lowest BCUT2D eigenvalue weighted by atomic mass is 10.0. The zero-order valence-corrected chi connectivity index (χ0v) is 15.2. The summed E-state index contributed by atoms with van der Waals surface area (Å²) < 4.78 is 0. The molecule has 2 atom stereocenters. The first kappa shape index (κ1) is 17.4. The molecule has 0 bridgehead atoms. The maximum atomic E-state index is 11.7. The molecule has 3 aromatic rings. The van der Waals surface area contributed by atoms with Gasteiger partial charge in [0.1, 0.15) is 5.82 Å². The summed E-state index contributed by atoms with van der Waals surface area (Å²) in [6, 6.07) is 15.8. The van der Waals surface area contributed by atoms with E-state index in [1.807, 2.05) is 48.5 Å². The van der Waals surface area contributed by atoms with Crippen LogP contribution in [0.2, 0.25) is 0 Å². The van der Waals surface area contributed by atoms with Gasteiger partial charge in [-0.25, -0.2) is 4.98 Å². The summed E-state index contributed by atoms with van der Waals surface area (Å²) in [6.07, 6.45) is 1.80. The number of aromatic nitrogens is 4. The number of carbonyl (C=O) groups excluding carboxylic acids is 1. The number of nitrogens with one attached hydrogen (secondary N) is 2. The summed E-state index contributed by atoms with van der Waals surface area (Å²) >= 11 is 0. The predicted octanol–water partition coefficient (Wildman–Crippen LogP) is 1.97. The van der Waals surface area contributed by atoms with Crippen molar-refractivity contribution in [2.45, 2.75) is 25.4 Å². The van der Waals surface area contributed by atoms with Gasteiger partial charge in [0.05, 0.1) is 17.7 Å². The standard InChI is InChI=1S/C20H22N6O/c1-14(27)22-18-13-26(11-16-9-5-6-10-21-16)12-17(18)20-23-19(24-25-20)15-7-3-2-4-8-15/h2-10,17-18H,11-13H2,1H3,(H,22,27)(H,23,24,25)/t17-,18-/m1/s1. The van der Waals surface area contributed by atoms with Crippen molar-refractivity contribution in [2.24, 2.45) is 0 Å². The second-order valence-corrected chi connectivity index (χ2v) is 6.84. The van der Waals surface area contributed by atoms with E-state index in [2.05, 4.69) is 25.4 Å². The number of amides is 1. The van der Waals surface area contributed by atoms with E-state index >= 15 is 0 Å². The Morgan fingerprint density at radius 2 is 2.00 bits per heavy atom. The Hall–Kier alpha value is -3.06. The largest absolute Gasteiger partial charge is 0.352 e. The highest BCUT2D eigenvalue weighted by molar-refractivity contribution is 5.73. The monoisotopic (exact) mass is 362 g/mol. The Labute approximate surface area is 157 Å². The van der Waals surface area contributed by atoms with Crippen LogP contribution in [0.3, 0.4) is 0 Å². The number of benzene rings is 1. The quantitative estimate of drug-likeness (QED) is 0.725. The van der Waals surface area contributed by atoms with Crippen molar-refractivity contribution in [1.82, 2.24) is 30.4 Å². The van der Waals surface area contributed by atoms with Crippen LogP contribution in [0, 0.1) is 0 Å². The van der Waals surface area contributed by atoms with Gasteiger partial charge in [0.15, 0.2) is 5.82 Å². The molecule has 0 unspecified atom stereocenters. The predicted molar refractivity (Wildman–Crippen MR) is 102 cm³/mol. The van der Waals surface area contributed by atoms with Crippen LogP contribution in [0.4, 0.5) is 0 Å². The number of H-pyrrole nitrogens is 1. The molecule has 1 amide bonds. The first-order valence-electron chi connectivity index (χ1n) is 9.06. The van der Waals surface area contributed by atoms with Gasteiger partial charge in [0, 0.05) is 38.3 Å². The van der Waals surface area contributed by atoms with Gasteiger partial charge in [0.25, 0.3) is 0 Å². The Morgan fingerprint density at radius 3 is 2.74 bits per heavy atom. The lowest BCUT2D eigenvalue weighted by molar-refractivity contribution is -0.119. The molecule has 2 N–H and O–H groups in total. The van der Waals surface area contributed by atoms with E-state index in [9.17, 15) is 4.79 Å². The van der Waals surface area contributed by atoms with Crippen LogP contribution in [-0.4, -0.2) is 50.1 Å². The van der Waals surface area contributed by atoms with E-state index in [-0.39, 0.29) is 17.9 Å². The molecule has 0 radical (unpaired) electrons. The van der Waals surface area contributed by atoms with Crippen LogP contribution < -0.4 is 5.32 Å². The second kappa shape index (κ2) is 7.67. The third-order valence-electron chi connectivity index (χ3n) is 4.78. The molecule has 1 saturated heterocycles. The molecule has 2 aromatic heterocycles. The van der Waals surface area contributed by atoms with Crippen molar-refractivity contribution in [3.05, 3.63) is 66.2 Å². The molecular formula is C20H22N6O. The molecule has 0 spiro atoms. The van der Waals surface area contributed by atoms with Gasteiger partial charge in [-0.3, -0.25) is 19.8 Å². The molecule has 27 heavy (non-hydrogen) atoms. The number of pyridine rings is 1. The molecule has 0 saturated carbocycles. The molecule has 1 aliphatic heterocycles. The van der Waals surface area contributed by atoms with Crippen molar-refractivity contribution < 1.29 is 4.79 Å². The van der Waals surface area contributed by atoms with Gasteiger partial charge in [-0.05, 0) is 12.1 Å². The van der Waals surface area contributed by atoms with Crippen molar-refractivity contribution in [3.8, 4) is 11.4 Å². The Morgan fingerprint density at radius 1 is 1.19 bits per heavy atom. The smallest absolute Gasteiger partial charge is 0.217 e. The average molecular weight is 362 g/mol. The van der Waals surface area contributed by atoms with Gasteiger partial charge in [-0.15, -0.1) is 0 Å². The summed E-state index contributed by atoms with van der Waals surface area (Å²) in [5.41, 5.74) is 1.99. The Kier molecular flexibility index (Phi) is 4.93. The van der Waals surface area contributed by atoms with Crippen LogP contribution in [0.15, 0.2) is 54.7 Å². The van der Waals surface area contributed by atoms with Crippen LogP contribution in [0.1, 0.15) is 24.4 Å². The van der Waals surface area contributed by atoms with Gasteiger partial charge in [-0.2, -0.15) is 5.10 Å². The van der Waals surface area contributed by atoms with E-state index in [4.69, 9.17) is 4.98 Å². The van der Waals surface area contributed by atoms with E-state index in [1.54, 1.807) is 13.1 Å². The Bertz CT molecular complexity index is 895. The minimum Gasteiger partial charge on any atom is -0.352 e. The minimum atomic E-state index is -0.0347. The van der Waals surface area contributed by atoms with Crippen molar-refractivity contribution in [2.75, 3.05) is 13.1 Å². The maximum Gasteiger partial charge on any atom is 0.217 e. The highest BCUT2D eigenvalue weighted by Gasteiger charge is 2.36. The van der Waals surface area contributed by atoms with Crippen LogP contribution in [0.25, 0.3) is 11.4 Å². The third kappa shape index (κ3) is 4.03. The highest BCUT2D eigenvalue weighted by Crippen LogP contribution is 2.27. The zero-order valence-electron chi connectivity index (χ0n) is 15.2. The molecule has 1 fully saturated rings. The van der Waals surface area contributed by atoms with Crippen LogP contribution >= 0.6 is 0 Å². The SMILES string of the molecule is CC(=O)N[C@@H]1CN(Cc2ccccn2)C[C@H]1c1nc(-c2ccccc2)n[nH]1. The van der Waals surface area contributed by atoms with E-state index in [1.165, 1.54) is 0 Å². The third-order valence-corrected chi connectivity index (χ3v) is 4.78. The first-order valence-corrected chi connectivity index (χ1v) is 9.06. The zero-order chi connectivity index (χ0) is 18.6. The number of hydrogen-bond donors (Lipinski definition) is 2. The normalized spacial score (nSPS) is 19.9. The van der Waals surface area contributed by atoms with E-state index in [0.717, 1.165) is 36.7 Å². The van der Waals surface area contributed by atoms with Crippen molar-refractivity contribution >= 4 is 5.91 Å². The lowest BCUT2D eigenvalue weighted by Gasteiger charge is -2.16. The number of hydrogen-bond acceptors (Lipinski definition) is 5. The van der Waals surface area contributed by atoms with Gasteiger partial charge >= 0.3 is 0 Å². The molecule has 7 heteroatoms. The summed E-state index contributed by atoms with van der Waals surface area (Å²) in [4.78, 5) is 23.1. The summed E-state index contributed by atoms with van der Waals surface area (Å²) in [7, 11) is 0. The molecule has 0 aliphatic carbocycles. The highest BCUT2D eigenvalue weighted by atomic mass is 16.1. The summed E-state index contributed by atoms with van der Waals surface area (Å²) in [6.45, 7) is 3.83. The fraction of sp³-hybridized carbons (Fsp3) is 0.300. The minimum absolute atomic E-state index is 0.0113. The number of aromatic amines is 1.